The largest absolute Gasteiger partial charge is 0.322 e. The second-order valence-corrected chi connectivity index (χ2v) is 9.68. The van der Waals surface area contributed by atoms with E-state index in [1.165, 1.54) is 32.1 Å². The molecule has 1 aromatic carbocycles. The minimum Gasteiger partial charge on any atom is -0.322 e. The summed E-state index contributed by atoms with van der Waals surface area (Å²) in [5, 5.41) is 9.57. The van der Waals surface area contributed by atoms with Gasteiger partial charge in [-0.15, -0.1) is 0 Å². The van der Waals surface area contributed by atoms with Crippen LogP contribution in [0.4, 0.5) is 0 Å². The zero-order valence-corrected chi connectivity index (χ0v) is 18.0. The molecule has 31 heavy (non-hydrogen) atoms. The second kappa shape index (κ2) is 8.36. The van der Waals surface area contributed by atoms with Gasteiger partial charge in [-0.05, 0) is 80.3 Å². The fourth-order valence-corrected chi connectivity index (χ4v) is 6.31. The van der Waals surface area contributed by atoms with Crippen LogP contribution >= 0.6 is 0 Å². The molecule has 1 aliphatic carbocycles. The van der Waals surface area contributed by atoms with Crippen LogP contribution in [0.5, 0.6) is 0 Å². The summed E-state index contributed by atoms with van der Waals surface area (Å²) >= 11 is 0. The van der Waals surface area contributed by atoms with Crippen molar-refractivity contribution < 1.29 is 14.4 Å². The normalized spacial score (nSPS) is 27.6. The van der Waals surface area contributed by atoms with Gasteiger partial charge in [-0.2, -0.15) is 0 Å². The van der Waals surface area contributed by atoms with Crippen molar-refractivity contribution in [3.05, 3.63) is 34.9 Å². The highest BCUT2D eigenvalue weighted by atomic mass is 16.2. The molecule has 0 radical (unpaired) electrons. The van der Waals surface area contributed by atoms with Gasteiger partial charge in [-0.1, -0.05) is 18.6 Å². The molecule has 0 aromatic heterocycles. The van der Waals surface area contributed by atoms with Crippen LogP contribution in [-0.2, 0) is 22.7 Å². The van der Waals surface area contributed by atoms with E-state index in [1.807, 2.05) is 12.1 Å². The number of nitrogens with one attached hydrogen (secondary N) is 3. The summed E-state index contributed by atoms with van der Waals surface area (Å²) in [6, 6.07) is 5.32. The number of rotatable bonds is 5. The van der Waals surface area contributed by atoms with Gasteiger partial charge in [0.15, 0.2) is 0 Å². The average molecular weight is 425 g/mol. The van der Waals surface area contributed by atoms with Gasteiger partial charge in [0.05, 0.1) is 0 Å². The van der Waals surface area contributed by atoms with Crippen molar-refractivity contribution >= 4 is 17.7 Å². The Morgan fingerprint density at radius 2 is 1.94 bits per heavy atom. The van der Waals surface area contributed by atoms with E-state index >= 15 is 0 Å². The highest BCUT2D eigenvalue weighted by Gasteiger charge is 2.43. The number of hydrogen-bond acceptors (Lipinski definition) is 5. The highest BCUT2D eigenvalue weighted by molar-refractivity contribution is 6.05. The van der Waals surface area contributed by atoms with Gasteiger partial charge >= 0.3 is 0 Å². The van der Waals surface area contributed by atoms with E-state index in [0.717, 1.165) is 43.2 Å². The topological polar surface area (TPSA) is 90.5 Å². The number of benzene rings is 1. The van der Waals surface area contributed by atoms with Crippen LogP contribution in [0.1, 0.15) is 66.4 Å². The van der Waals surface area contributed by atoms with Crippen LogP contribution in [0.3, 0.4) is 0 Å². The van der Waals surface area contributed by atoms with Gasteiger partial charge in [-0.3, -0.25) is 19.7 Å². The Morgan fingerprint density at radius 3 is 2.74 bits per heavy atom. The molecule has 166 valence electrons. The predicted molar refractivity (Wildman–Crippen MR) is 116 cm³/mol. The Labute approximate surface area is 183 Å². The highest BCUT2D eigenvalue weighted by Crippen LogP contribution is 2.49. The van der Waals surface area contributed by atoms with E-state index in [9.17, 15) is 14.4 Å². The SMILES string of the molecule is O=C1CCC(N2Cc3c(CNCC4CCCC45CCNCC5)cccc3C2=O)C(=O)N1. The van der Waals surface area contributed by atoms with Crippen LogP contribution in [0.25, 0.3) is 0 Å². The van der Waals surface area contributed by atoms with Crippen LogP contribution in [-0.4, -0.2) is 48.3 Å². The maximum absolute atomic E-state index is 13.0. The molecule has 3 fully saturated rings. The van der Waals surface area contributed by atoms with E-state index in [-0.39, 0.29) is 24.1 Å². The lowest BCUT2D eigenvalue weighted by Gasteiger charge is -2.39. The number of imide groups is 1. The molecule has 3 heterocycles. The monoisotopic (exact) mass is 424 g/mol. The fraction of sp³-hybridized carbons (Fsp3) is 0.625. The molecular formula is C24H32N4O3. The first kappa shape index (κ1) is 20.6. The summed E-state index contributed by atoms with van der Waals surface area (Å²) in [7, 11) is 0. The number of carbonyl (C=O) groups excluding carboxylic acids is 3. The van der Waals surface area contributed by atoms with Crippen LogP contribution in [0.2, 0.25) is 0 Å². The molecule has 5 rings (SSSR count). The Kier molecular flexibility index (Phi) is 5.56. The van der Waals surface area contributed by atoms with Gasteiger partial charge in [0.1, 0.15) is 6.04 Å². The molecule has 2 unspecified atom stereocenters. The van der Waals surface area contributed by atoms with Gasteiger partial charge in [0.25, 0.3) is 5.91 Å². The molecule has 4 aliphatic rings. The fourth-order valence-electron chi connectivity index (χ4n) is 6.31. The number of carbonyl (C=O) groups is 3. The van der Waals surface area contributed by atoms with Gasteiger partial charge < -0.3 is 15.5 Å². The van der Waals surface area contributed by atoms with Crippen LogP contribution < -0.4 is 16.0 Å². The first-order valence-corrected chi connectivity index (χ1v) is 11.7. The lowest BCUT2D eigenvalue weighted by Crippen LogP contribution is -2.52. The minimum absolute atomic E-state index is 0.101. The van der Waals surface area contributed by atoms with Gasteiger partial charge in [0, 0.05) is 25.1 Å². The number of piperidine rings is 2. The maximum Gasteiger partial charge on any atom is 0.255 e. The molecule has 7 nitrogen and oxygen atoms in total. The zero-order valence-electron chi connectivity index (χ0n) is 18.0. The van der Waals surface area contributed by atoms with Crippen molar-refractivity contribution in [2.45, 2.75) is 64.1 Å². The molecule has 1 saturated carbocycles. The molecule has 3 aliphatic heterocycles. The van der Waals surface area contributed by atoms with Gasteiger partial charge in [-0.25, -0.2) is 0 Å². The Bertz CT molecular complexity index is 893. The third-order valence-corrected chi connectivity index (χ3v) is 8.08. The molecule has 3 N–H and O–H groups in total. The Balaban J connectivity index is 1.24. The number of fused-ring (bicyclic) bond motifs is 1. The quantitative estimate of drug-likeness (QED) is 0.626. The average Bonchev–Trinajstić information content (AvgIpc) is 3.30. The minimum atomic E-state index is -0.559. The molecular weight excluding hydrogens is 392 g/mol. The first-order valence-electron chi connectivity index (χ1n) is 11.7. The first-order chi connectivity index (χ1) is 15.1. The smallest absolute Gasteiger partial charge is 0.255 e. The van der Waals surface area contributed by atoms with Crippen molar-refractivity contribution in [2.24, 2.45) is 11.3 Å². The summed E-state index contributed by atoms with van der Waals surface area (Å²) in [4.78, 5) is 38.4. The predicted octanol–water partition coefficient (Wildman–Crippen LogP) is 1.71. The molecule has 2 atom stereocenters. The zero-order chi connectivity index (χ0) is 21.4. The van der Waals surface area contributed by atoms with Crippen molar-refractivity contribution in [3.8, 4) is 0 Å². The molecule has 1 aromatic rings. The van der Waals surface area contributed by atoms with Crippen molar-refractivity contribution in [1.82, 2.24) is 20.9 Å². The number of amides is 3. The van der Waals surface area contributed by atoms with Crippen molar-refractivity contribution in [1.29, 1.82) is 0 Å². The standard InChI is InChI=1S/C24H32N4O3/c29-21-7-6-20(22(30)27-21)28-15-19-16(3-1-5-18(19)23(28)31)13-26-14-17-4-2-8-24(17)9-11-25-12-10-24/h1,3,5,17,20,25-26H,2,4,6-15H2,(H,27,29,30). The summed E-state index contributed by atoms with van der Waals surface area (Å²) in [5.74, 6) is 0.0167. The Hall–Kier alpha value is -2.25. The lowest BCUT2D eigenvalue weighted by molar-refractivity contribution is -0.136. The van der Waals surface area contributed by atoms with Crippen LogP contribution in [0, 0.1) is 11.3 Å². The number of hydrogen-bond donors (Lipinski definition) is 3. The molecule has 0 bridgehead atoms. The van der Waals surface area contributed by atoms with E-state index in [0.29, 0.717) is 23.9 Å². The lowest BCUT2D eigenvalue weighted by atomic mass is 9.71. The second-order valence-electron chi connectivity index (χ2n) is 9.68. The molecule has 1 spiro atoms. The van der Waals surface area contributed by atoms with E-state index in [2.05, 4.69) is 22.0 Å². The van der Waals surface area contributed by atoms with E-state index < -0.39 is 6.04 Å². The maximum atomic E-state index is 13.0. The van der Waals surface area contributed by atoms with E-state index in [4.69, 9.17) is 0 Å². The third-order valence-electron chi connectivity index (χ3n) is 8.08. The Morgan fingerprint density at radius 1 is 1.10 bits per heavy atom. The van der Waals surface area contributed by atoms with E-state index in [1.54, 1.807) is 4.90 Å². The van der Waals surface area contributed by atoms with Crippen molar-refractivity contribution in [3.63, 3.8) is 0 Å². The molecule has 2 saturated heterocycles. The third kappa shape index (κ3) is 3.78. The van der Waals surface area contributed by atoms with Crippen LogP contribution in [0.15, 0.2) is 18.2 Å². The molecule has 3 amide bonds. The molecule has 7 heteroatoms. The summed E-state index contributed by atoms with van der Waals surface area (Å²) < 4.78 is 0. The summed E-state index contributed by atoms with van der Waals surface area (Å²) in [6.45, 7) is 4.48. The van der Waals surface area contributed by atoms with Gasteiger partial charge in [0.2, 0.25) is 11.8 Å². The number of nitrogens with zero attached hydrogens (tertiary/aromatic N) is 1. The van der Waals surface area contributed by atoms with Crippen molar-refractivity contribution in [2.75, 3.05) is 19.6 Å². The summed E-state index contributed by atoms with van der Waals surface area (Å²) in [6.07, 6.45) is 7.26. The summed E-state index contributed by atoms with van der Waals surface area (Å²) in [5.41, 5.74) is 3.36.